The van der Waals surface area contributed by atoms with E-state index in [1.807, 2.05) is 31.2 Å². The molecule has 5 nitrogen and oxygen atoms in total. The number of nitrogens with one attached hydrogen (secondary N) is 3. The molecule has 1 aromatic heterocycles. The third kappa shape index (κ3) is 2.68. The van der Waals surface area contributed by atoms with Crippen LogP contribution in [0.4, 0.5) is 5.69 Å². The quantitative estimate of drug-likeness (QED) is 0.769. The van der Waals surface area contributed by atoms with Gasteiger partial charge in [0.15, 0.2) is 0 Å². The van der Waals surface area contributed by atoms with Crippen molar-refractivity contribution in [1.29, 1.82) is 0 Å². The van der Waals surface area contributed by atoms with Gasteiger partial charge < -0.3 is 10.6 Å². The molecule has 1 aromatic carbocycles. The molecule has 1 atom stereocenters. The summed E-state index contributed by atoms with van der Waals surface area (Å²) in [5.41, 5.74) is 2.54. The van der Waals surface area contributed by atoms with E-state index < -0.39 is 0 Å². The number of hydrogen-bond acceptors (Lipinski definition) is 3. The number of hydrogen-bond donors (Lipinski definition) is 3. The van der Waals surface area contributed by atoms with Gasteiger partial charge in [0.2, 0.25) is 0 Å². The fourth-order valence-corrected chi connectivity index (χ4v) is 1.73. The summed E-state index contributed by atoms with van der Waals surface area (Å²) < 4.78 is 0. The molecule has 0 aliphatic carbocycles. The molecule has 2 aromatic rings. The van der Waals surface area contributed by atoms with Crippen LogP contribution < -0.4 is 10.6 Å². The molecule has 0 bridgehead atoms. The minimum absolute atomic E-state index is 0.0900. The van der Waals surface area contributed by atoms with Gasteiger partial charge in [0, 0.05) is 24.5 Å². The summed E-state index contributed by atoms with van der Waals surface area (Å²) in [5.74, 6) is -0.0900. The highest BCUT2D eigenvalue weighted by Gasteiger charge is 2.08. The normalized spacial score (nSPS) is 11.9. The third-order valence-electron chi connectivity index (χ3n) is 2.72. The van der Waals surface area contributed by atoms with Crippen LogP contribution in [0.3, 0.4) is 0 Å². The monoisotopic (exact) mass is 244 g/mol. The second kappa shape index (κ2) is 5.35. The number of nitrogens with zero attached hydrogens (tertiary/aromatic N) is 1. The zero-order valence-electron chi connectivity index (χ0n) is 10.4. The van der Waals surface area contributed by atoms with E-state index in [0.29, 0.717) is 5.56 Å². The molecule has 1 amide bonds. The summed E-state index contributed by atoms with van der Waals surface area (Å²) in [4.78, 5) is 11.5. The molecule has 0 saturated heterocycles. The van der Waals surface area contributed by atoms with Gasteiger partial charge in [0.05, 0.1) is 11.7 Å². The molecule has 1 heterocycles. The largest absolute Gasteiger partial charge is 0.377 e. The van der Waals surface area contributed by atoms with Gasteiger partial charge in [-0.2, -0.15) is 5.10 Å². The standard InChI is InChI=1S/C13H16N4O/c1-9(12-6-7-15-17-12)16-11-5-3-4-10(8-11)13(18)14-2/h3-9,16H,1-2H3,(H,14,18)(H,15,17). The van der Waals surface area contributed by atoms with E-state index in [1.54, 1.807) is 19.3 Å². The molecule has 18 heavy (non-hydrogen) atoms. The van der Waals surface area contributed by atoms with Crippen LogP contribution in [-0.2, 0) is 0 Å². The Balaban J connectivity index is 2.12. The molecule has 0 spiro atoms. The Bertz CT molecular complexity index is 522. The van der Waals surface area contributed by atoms with Gasteiger partial charge in [0.1, 0.15) is 0 Å². The number of anilines is 1. The second-order valence-electron chi connectivity index (χ2n) is 4.04. The van der Waals surface area contributed by atoms with Gasteiger partial charge in [0.25, 0.3) is 5.91 Å². The Labute approximate surface area is 106 Å². The molecule has 0 fully saturated rings. The van der Waals surface area contributed by atoms with Crippen molar-refractivity contribution in [3.63, 3.8) is 0 Å². The van der Waals surface area contributed by atoms with Crippen LogP contribution in [0.1, 0.15) is 29.0 Å². The van der Waals surface area contributed by atoms with Crippen molar-refractivity contribution < 1.29 is 4.79 Å². The van der Waals surface area contributed by atoms with Gasteiger partial charge in [-0.25, -0.2) is 0 Å². The van der Waals surface area contributed by atoms with Crippen LogP contribution in [-0.4, -0.2) is 23.2 Å². The minimum Gasteiger partial charge on any atom is -0.377 e. The zero-order chi connectivity index (χ0) is 13.0. The molecule has 0 aliphatic heterocycles. The van der Waals surface area contributed by atoms with Gasteiger partial charge >= 0.3 is 0 Å². The zero-order valence-corrected chi connectivity index (χ0v) is 10.4. The average molecular weight is 244 g/mol. The summed E-state index contributed by atoms with van der Waals surface area (Å²) in [5, 5.41) is 12.7. The van der Waals surface area contributed by atoms with E-state index >= 15 is 0 Å². The van der Waals surface area contributed by atoms with Gasteiger partial charge in [-0.1, -0.05) is 6.07 Å². The van der Waals surface area contributed by atoms with Crippen LogP contribution in [0, 0.1) is 0 Å². The smallest absolute Gasteiger partial charge is 0.251 e. The topological polar surface area (TPSA) is 69.8 Å². The maximum Gasteiger partial charge on any atom is 0.251 e. The number of carbonyl (C=O) groups is 1. The molecule has 3 N–H and O–H groups in total. The number of carbonyl (C=O) groups excluding carboxylic acids is 1. The SMILES string of the molecule is CNC(=O)c1cccc(NC(C)c2ccn[nH]2)c1. The molecular weight excluding hydrogens is 228 g/mol. The van der Waals surface area contributed by atoms with E-state index in [-0.39, 0.29) is 11.9 Å². The van der Waals surface area contributed by atoms with Crippen LogP contribution in [0.15, 0.2) is 36.5 Å². The molecule has 1 unspecified atom stereocenters. The van der Waals surface area contributed by atoms with Crippen molar-refractivity contribution in [2.24, 2.45) is 0 Å². The maximum atomic E-state index is 11.5. The Morgan fingerprint density at radius 3 is 2.89 bits per heavy atom. The molecule has 0 aliphatic rings. The van der Waals surface area contributed by atoms with Gasteiger partial charge in [-0.05, 0) is 31.2 Å². The Morgan fingerprint density at radius 1 is 1.39 bits per heavy atom. The third-order valence-corrected chi connectivity index (χ3v) is 2.72. The molecule has 94 valence electrons. The lowest BCUT2D eigenvalue weighted by Crippen LogP contribution is -2.18. The van der Waals surface area contributed by atoms with E-state index in [1.165, 1.54) is 0 Å². The second-order valence-corrected chi connectivity index (χ2v) is 4.04. The van der Waals surface area contributed by atoms with Crippen LogP contribution in [0.2, 0.25) is 0 Å². The number of rotatable bonds is 4. The fraction of sp³-hybridized carbons (Fsp3) is 0.231. The number of aromatic amines is 1. The number of amides is 1. The lowest BCUT2D eigenvalue weighted by atomic mass is 10.1. The summed E-state index contributed by atoms with van der Waals surface area (Å²) >= 11 is 0. The van der Waals surface area contributed by atoms with Gasteiger partial charge in [-0.3, -0.25) is 9.89 Å². The average Bonchev–Trinajstić information content (AvgIpc) is 2.92. The predicted octanol–water partition coefficient (Wildman–Crippen LogP) is 1.94. The van der Waals surface area contributed by atoms with E-state index in [9.17, 15) is 4.79 Å². The highest BCUT2D eigenvalue weighted by Crippen LogP contribution is 2.18. The summed E-state index contributed by atoms with van der Waals surface area (Å²) in [6, 6.07) is 9.41. The van der Waals surface area contributed by atoms with Crippen LogP contribution in [0.5, 0.6) is 0 Å². The fourth-order valence-electron chi connectivity index (χ4n) is 1.73. The first-order valence-corrected chi connectivity index (χ1v) is 5.78. The first-order chi connectivity index (χ1) is 8.70. The molecule has 0 radical (unpaired) electrons. The van der Waals surface area contributed by atoms with E-state index in [4.69, 9.17) is 0 Å². The van der Waals surface area contributed by atoms with Crippen molar-refractivity contribution >= 4 is 11.6 Å². The number of H-pyrrole nitrogens is 1. The summed E-state index contributed by atoms with van der Waals surface area (Å²) in [7, 11) is 1.62. The molecule has 2 rings (SSSR count). The van der Waals surface area contributed by atoms with Crippen molar-refractivity contribution in [3.05, 3.63) is 47.8 Å². The summed E-state index contributed by atoms with van der Waals surface area (Å²) in [6.07, 6.45) is 1.72. The van der Waals surface area contributed by atoms with Crippen molar-refractivity contribution in [2.75, 3.05) is 12.4 Å². The Morgan fingerprint density at radius 2 is 2.22 bits per heavy atom. The molecule has 5 heteroatoms. The number of benzene rings is 1. The number of aromatic nitrogens is 2. The van der Waals surface area contributed by atoms with Crippen molar-refractivity contribution in [3.8, 4) is 0 Å². The lowest BCUT2D eigenvalue weighted by molar-refractivity contribution is 0.0963. The summed E-state index contributed by atoms with van der Waals surface area (Å²) in [6.45, 7) is 2.03. The minimum atomic E-state index is -0.0900. The highest BCUT2D eigenvalue weighted by molar-refractivity contribution is 5.94. The first kappa shape index (κ1) is 12.2. The lowest BCUT2D eigenvalue weighted by Gasteiger charge is -2.14. The molecular formula is C13H16N4O. The van der Waals surface area contributed by atoms with Crippen LogP contribution >= 0.6 is 0 Å². The Hall–Kier alpha value is -2.30. The van der Waals surface area contributed by atoms with E-state index in [0.717, 1.165) is 11.4 Å². The highest BCUT2D eigenvalue weighted by atomic mass is 16.1. The maximum absolute atomic E-state index is 11.5. The predicted molar refractivity (Wildman–Crippen MR) is 70.5 cm³/mol. The van der Waals surface area contributed by atoms with Crippen LogP contribution in [0.25, 0.3) is 0 Å². The van der Waals surface area contributed by atoms with E-state index in [2.05, 4.69) is 20.8 Å². The molecule has 0 saturated carbocycles. The van der Waals surface area contributed by atoms with Crippen molar-refractivity contribution in [1.82, 2.24) is 15.5 Å². The van der Waals surface area contributed by atoms with Gasteiger partial charge in [-0.15, -0.1) is 0 Å². The van der Waals surface area contributed by atoms with Crippen molar-refractivity contribution in [2.45, 2.75) is 13.0 Å². The Kier molecular flexibility index (Phi) is 3.62. The first-order valence-electron chi connectivity index (χ1n) is 5.78.